The predicted octanol–water partition coefficient (Wildman–Crippen LogP) is 3.26. The summed E-state index contributed by atoms with van der Waals surface area (Å²) in [5.74, 6) is -0.226. The Balaban J connectivity index is 2.36. The second kappa shape index (κ2) is 7.07. The standard InChI is InChI=1S/C13H15ClO3/c1-17-13(16)9-5-4-8-12(15)10-6-2-3-7-11(10)14/h2-3,6-7H,4-5,8-9H2,1H3. The molecule has 0 radical (unpaired) electrons. The molecule has 3 nitrogen and oxygen atoms in total. The van der Waals surface area contributed by atoms with Crippen molar-refractivity contribution in [3.8, 4) is 0 Å². The van der Waals surface area contributed by atoms with Crippen molar-refractivity contribution in [1.82, 2.24) is 0 Å². The van der Waals surface area contributed by atoms with Crippen molar-refractivity contribution in [2.45, 2.75) is 25.7 Å². The summed E-state index contributed by atoms with van der Waals surface area (Å²) < 4.78 is 4.52. The fourth-order valence-corrected chi connectivity index (χ4v) is 1.72. The van der Waals surface area contributed by atoms with Gasteiger partial charge in [0.25, 0.3) is 0 Å². The lowest BCUT2D eigenvalue weighted by atomic mass is 10.0. The minimum atomic E-state index is -0.241. The summed E-state index contributed by atoms with van der Waals surface area (Å²) in [7, 11) is 1.36. The fourth-order valence-electron chi connectivity index (χ4n) is 1.48. The van der Waals surface area contributed by atoms with Crippen LogP contribution in [0, 0.1) is 0 Å². The zero-order valence-corrected chi connectivity index (χ0v) is 10.5. The van der Waals surface area contributed by atoms with E-state index in [2.05, 4.69) is 4.74 Å². The molecule has 1 aromatic rings. The number of hydrogen-bond acceptors (Lipinski definition) is 3. The maximum Gasteiger partial charge on any atom is 0.305 e. The van der Waals surface area contributed by atoms with Gasteiger partial charge in [0.15, 0.2) is 5.78 Å². The Morgan fingerprint density at radius 2 is 1.82 bits per heavy atom. The Morgan fingerprint density at radius 1 is 1.18 bits per heavy atom. The number of ether oxygens (including phenoxy) is 1. The van der Waals surface area contributed by atoms with Crippen LogP contribution in [0.1, 0.15) is 36.0 Å². The number of esters is 1. The number of ketones is 1. The predicted molar refractivity (Wildman–Crippen MR) is 66.3 cm³/mol. The van der Waals surface area contributed by atoms with Crippen LogP contribution in [-0.4, -0.2) is 18.9 Å². The Kier molecular flexibility index (Phi) is 5.70. The lowest BCUT2D eigenvalue weighted by Gasteiger charge is -2.03. The molecule has 0 fully saturated rings. The highest BCUT2D eigenvalue weighted by molar-refractivity contribution is 6.33. The highest BCUT2D eigenvalue weighted by atomic mass is 35.5. The molecule has 0 unspecified atom stereocenters. The number of methoxy groups -OCH3 is 1. The minimum Gasteiger partial charge on any atom is -0.469 e. The van der Waals surface area contributed by atoms with Gasteiger partial charge in [0, 0.05) is 18.4 Å². The van der Waals surface area contributed by atoms with Crippen LogP contribution in [0.2, 0.25) is 5.02 Å². The number of rotatable bonds is 6. The molecule has 0 bridgehead atoms. The molecule has 0 aliphatic heterocycles. The Labute approximate surface area is 106 Å². The van der Waals surface area contributed by atoms with E-state index in [4.69, 9.17) is 11.6 Å². The third-order valence-electron chi connectivity index (χ3n) is 2.44. The van der Waals surface area contributed by atoms with E-state index in [1.165, 1.54) is 7.11 Å². The van der Waals surface area contributed by atoms with Gasteiger partial charge < -0.3 is 4.74 Å². The zero-order valence-electron chi connectivity index (χ0n) is 9.74. The fraction of sp³-hybridized carbons (Fsp3) is 0.385. The summed E-state index contributed by atoms with van der Waals surface area (Å²) in [5, 5.41) is 0.477. The molecule has 0 saturated carbocycles. The summed E-state index contributed by atoms with van der Waals surface area (Å²) >= 11 is 5.91. The molecule has 0 heterocycles. The molecule has 0 N–H and O–H groups in total. The first-order valence-corrected chi connectivity index (χ1v) is 5.87. The summed E-state index contributed by atoms with van der Waals surface area (Å²) in [6.45, 7) is 0. The molecule has 0 amide bonds. The second-order valence-electron chi connectivity index (χ2n) is 3.69. The Bertz CT molecular complexity index is 401. The largest absolute Gasteiger partial charge is 0.469 e. The topological polar surface area (TPSA) is 43.4 Å². The van der Waals surface area contributed by atoms with E-state index in [0.717, 1.165) is 0 Å². The van der Waals surface area contributed by atoms with Crippen LogP contribution in [0.4, 0.5) is 0 Å². The third-order valence-corrected chi connectivity index (χ3v) is 2.77. The van der Waals surface area contributed by atoms with E-state index in [1.807, 2.05) is 0 Å². The molecule has 0 aromatic heterocycles. The molecule has 92 valence electrons. The van der Waals surface area contributed by atoms with Crippen molar-refractivity contribution >= 4 is 23.4 Å². The summed E-state index contributed by atoms with van der Waals surface area (Å²) in [6, 6.07) is 6.98. The van der Waals surface area contributed by atoms with E-state index in [-0.39, 0.29) is 11.8 Å². The number of carbonyl (C=O) groups excluding carboxylic acids is 2. The molecule has 0 spiro atoms. The van der Waals surface area contributed by atoms with Crippen LogP contribution >= 0.6 is 11.6 Å². The van der Waals surface area contributed by atoms with E-state index in [0.29, 0.717) is 36.3 Å². The van der Waals surface area contributed by atoms with Gasteiger partial charge in [0.05, 0.1) is 12.1 Å². The van der Waals surface area contributed by atoms with Crippen molar-refractivity contribution in [3.63, 3.8) is 0 Å². The van der Waals surface area contributed by atoms with E-state index in [9.17, 15) is 9.59 Å². The molecule has 0 aliphatic carbocycles. The van der Waals surface area contributed by atoms with Crippen molar-refractivity contribution in [1.29, 1.82) is 0 Å². The first-order valence-electron chi connectivity index (χ1n) is 5.49. The van der Waals surface area contributed by atoms with Gasteiger partial charge in [-0.3, -0.25) is 9.59 Å². The van der Waals surface area contributed by atoms with E-state index < -0.39 is 0 Å². The number of halogens is 1. The number of unbranched alkanes of at least 4 members (excludes halogenated alkanes) is 1. The lowest BCUT2D eigenvalue weighted by Crippen LogP contribution is -2.02. The van der Waals surface area contributed by atoms with Crippen LogP contribution in [-0.2, 0) is 9.53 Å². The van der Waals surface area contributed by atoms with Crippen molar-refractivity contribution < 1.29 is 14.3 Å². The molecule has 1 rings (SSSR count). The highest BCUT2D eigenvalue weighted by Gasteiger charge is 2.09. The van der Waals surface area contributed by atoms with Gasteiger partial charge in [0.1, 0.15) is 0 Å². The first kappa shape index (κ1) is 13.7. The number of carbonyl (C=O) groups is 2. The minimum absolute atomic E-state index is 0.0143. The van der Waals surface area contributed by atoms with Crippen molar-refractivity contribution in [2.24, 2.45) is 0 Å². The van der Waals surface area contributed by atoms with Gasteiger partial charge in [-0.05, 0) is 25.0 Å². The van der Waals surface area contributed by atoms with Gasteiger partial charge in [-0.2, -0.15) is 0 Å². The van der Waals surface area contributed by atoms with E-state index >= 15 is 0 Å². The molecular formula is C13H15ClO3. The molecule has 0 saturated heterocycles. The molecule has 0 atom stereocenters. The summed E-state index contributed by atoms with van der Waals surface area (Å²) in [5.41, 5.74) is 0.548. The first-order chi connectivity index (χ1) is 8.15. The van der Waals surface area contributed by atoms with Crippen LogP contribution < -0.4 is 0 Å². The SMILES string of the molecule is COC(=O)CCCCC(=O)c1ccccc1Cl. The normalized spacial score (nSPS) is 10.0. The van der Waals surface area contributed by atoms with Crippen LogP contribution in [0.3, 0.4) is 0 Å². The average molecular weight is 255 g/mol. The lowest BCUT2D eigenvalue weighted by molar-refractivity contribution is -0.140. The molecule has 17 heavy (non-hydrogen) atoms. The highest BCUT2D eigenvalue weighted by Crippen LogP contribution is 2.17. The molecule has 1 aromatic carbocycles. The Morgan fingerprint density at radius 3 is 2.47 bits per heavy atom. The van der Waals surface area contributed by atoms with Gasteiger partial charge >= 0.3 is 5.97 Å². The molecule has 4 heteroatoms. The van der Waals surface area contributed by atoms with Gasteiger partial charge in [-0.1, -0.05) is 23.7 Å². The maximum absolute atomic E-state index is 11.8. The maximum atomic E-state index is 11.8. The van der Waals surface area contributed by atoms with E-state index in [1.54, 1.807) is 24.3 Å². The molecule has 0 aliphatic rings. The van der Waals surface area contributed by atoms with Crippen LogP contribution in [0.15, 0.2) is 24.3 Å². The van der Waals surface area contributed by atoms with Gasteiger partial charge in [-0.25, -0.2) is 0 Å². The second-order valence-corrected chi connectivity index (χ2v) is 4.09. The number of Topliss-reactive ketones (excluding diaryl/α,β-unsaturated/α-hetero) is 1. The Hall–Kier alpha value is -1.35. The average Bonchev–Trinajstić information content (AvgIpc) is 2.34. The number of benzene rings is 1. The third kappa shape index (κ3) is 4.57. The summed E-state index contributed by atoms with van der Waals surface area (Å²) in [4.78, 5) is 22.6. The van der Waals surface area contributed by atoms with Crippen LogP contribution in [0.25, 0.3) is 0 Å². The van der Waals surface area contributed by atoms with Gasteiger partial charge in [-0.15, -0.1) is 0 Å². The van der Waals surface area contributed by atoms with Gasteiger partial charge in [0.2, 0.25) is 0 Å². The van der Waals surface area contributed by atoms with Crippen molar-refractivity contribution in [2.75, 3.05) is 7.11 Å². The van der Waals surface area contributed by atoms with Crippen molar-refractivity contribution in [3.05, 3.63) is 34.9 Å². The summed E-state index contributed by atoms with van der Waals surface area (Å²) in [6.07, 6.45) is 2.08. The number of hydrogen-bond donors (Lipinski definition) is 0. The smallest absolute Gasteiger partial charge is 0.305 e. The van der Waals surface area contributed by atoms with Crippen LogP contribution in [0.5, 0.6) is 0 Å². The molecular weight excluding hydrogens is 240 g/mol. The zero-order chi connectivity index (χ0) is 12.7. The monoisotopic (exact) mass is 254 g/mol. The quantitative estimate of drug-likeness (QED) is 0.445.